The van der Waals surface area contributed by atoms with Crippen LogP contribution >= 0.6 is 0 Å². The van der Waals surface area contributed by atoms with E-state index in [1.165, 1.54) is 6.20 Å². The fraction of sp³-hybridized carbons (Fsp3) is 0.0909. The molecular weight excluding hydrogens is 366 g/mol. The summed E-state index contributed by atoms with van der Waals surface area (Å²) in [6, 6.07) is 14.0. The second-order valence-corrected chi connectivity index (χ2v) is 6.61. The summed E-state index contributed by atoms with van der Waals surface area (Å²) in [5.74, 6) is -0.799. The Balaban J connectivity index is 1.89. The zero-order valence-electron chi connectivity index (χ0n) is 15.3. The number of nitriles is 1. The molecule has 4 rings (SSSR count). The van der Waals surface area contributed by atoms with E-state index in [9.17, 15) is 9.59 Å². The molecule has 2 amide bonds. The first-order valence-electron chi connectivity index (χ1n) is 8.99. The van der Waals surface area contributed by atoms with Gasteiger partial charge >= 0.3 is 0 Å². The molecule has 0 spiro atoms. The largest absolute Gasteiger partial charge is 0.354 e. The summed E-state index contributed by atoms with van der Waals surface area (Å²) in [4.78, 5) is 28.3. The summed E-state index contributed by atoms with van der Waals surface area (Å²) in [5.41, 5.74) is 12.9. The number of hydrogen-bond acceptors (Lipinski definition) is 4. The lowest BCUT2D eigenvalue weighted by molar-refractivity contribution is -0.117. The van der Waals surface area contributed by atoms with Crippen molar-refractivity contribution >= 4 is 34.5 Å². The molecule has 29 heavy (non-hydrogen) atoms. The summed E-state index contributed by atoms with van der Waals surface area (Å²) in [6.07, 6.45) is 3.17. The molecular formula is C22H17N5O2. The highest BCUT2D eigenvalue weighted by atomic mass is 16.2. The SMILES string of the molecule is N#CCC(N)C(=O)Nc1cc2c3c(c(-c4ccccc4)[nH]c3c1)C=C=CNC2=O. The van der Waals surface area contributed by atoms with E-state index >= 15 is 0 Å². The Hall–Kier alpha value is -4.11. The number of H-pyrrole nitrogens is 1. The minimum atomic E-state index is -0.947. The van der Waals surface area contributed by atoms with Crippen molar-refractivity contribution in [3.8, 4) is 17.3 Å². The van der Waals surface area contributed by atoms with Crippen molar-refractivity contribution in [1.29, 1.82) is 5.26 Å². The number of benzene rings is 2. The molecule has 7 nitrogen and oxygen atoms in total. The predicted octanol–water partition coefficient (Wildman–Crippen LogP) is 2.88. The van der Waals surface area contributed by atoms with E-state index in [1.807, 2.05) is 42.5 Å². The molecule has 5 N–H and O–H groups in total. The van der Waals surface area contributed by atoms with Crippen LogP contribution in [0.3, 0.4) is 0 Å². The molecule has 1 aromatic heterocycles. The maximum atomic E-state index is 12.7. The van der Waals surface area contributed by atoms with Gasteiger partial charge in [0.05, 0.1) is 29.8 Å². The van der Waals surface area contributed by atoms with Crippen molar-refractivity contribution in [3.63, 3.8) is 0 Å². The van der Waals surface area contributed by atoms with E-state index in [4.69, 9.17) is 11.0 Å². The number of aromatic nitrogens is 1. The summed E-state index contributed by atoms with van der Waals surface area (Å²) >= 11 is 0. The Morgan fingerprint density at radius 2 is 2.07 bits per heavy atom. The van der Waals surface area contributed by atoms with Crippen LogP contribution in [0.15, 0.2) is 54.4 Å². The van der Waals surface area contributed by atoms with Gasteiger partial charge in [0.25, 0.3) is 5.91 Å². The first kappa shape index (κ1) is 18.3. The average molecular weight is 383 g/mol. The van der Waals surface area contributed by atoms with Crippen LogP contribution in [0.2, 0.25) is 0 Å². The highest BCUT2D eigenvalue weighted by Crippen LogP contribution is 2.35. The van der Waals surface area contributed by atoms with Crippen molar-refractivity contribution in [2.75, 3.05) is 5.32 Å². The third kappa shape index (κ3) is 3.42. The van der Waals surface area contributed by atoms with Crippen LogP contribution in [0.5, 0.6) is 0 Å². The number of aromatic amines is 1. The summed E-state index contributed by atoms with van der Waals surface area (Å²) in [7, 11) is 0. The number of amides is 2. The lowest BCUT2D eigenvalue weighted by atomic mass is 10.00. The van der Waals surface area contributed by atoms with Gasteiger partial charge in [-0.05, 0) is 23.8 Å². The molecule has 7 heteroatoms. The lowest BCUT2D eigenvalue weighted by Crippen LogP contribution is -2.35. The van der Waals surface area contributed by atoms with Gasteiger partial charge in [-0.3, -0.25) is 9.59 Å². The molecule has 0 radical (unpaired) electrons. The van der Waals surface area contributed by atoms with Crippen LogP contribution in [0.4, 0.5) is 5.69 Å². The van der Waals surface area contributed by atoms with Crippen molar-refractivity contribution in [1.82, 2.24) is 10.3 Å². The standard InChI is InChI=1S/C22H17N5O2/c23-9-8-17(24)22(29)26-14-11-16-19-15(7-4-10-25-21(16)28)20(27-18(19)12-14)13-5-2-1-3-6-13/h1-3,5-7,10-12,17,27H,8,24H2,(H,25,28)(H,26,29). The quantitative estimate of drug-likeness (QED) is 0.517. The second kappa shape index (κ2) is 7.49. The Morgan fingerprint density at radius 1 is 1.28 bits per heavy atom. The van der Waals surface area contributed by atoms with Crippen molar-refractivity contribution in [2.24, 2.45) is 5.73 Å². The predicted molar refractivity (Wildman–Crippen MR) is 111 cm³/mol. The van der Waals surface area contributed by atoms with Crippen LogP contribution < -0.4 is 16.4 Å². The normalized spacial score (nSPS) is 13.3. The van der Waals surface area contributed by atoms with Gasteiger partial charge in [-0.1, -0.05) is 30.3 Å². The van der Waals surface area contributed by atoms with Crippen LogP contribution in [0.25, 0.3) is 28.2 Å². The fourth-order valence-corrected chi connectivity index (χ4v) is 3.32. The van der Waals surface area contributed by atoms with Crippen molar-refractivity contribution in [2.45, 2.75) is 12.5 Å². The van der Waals surface area contributed by atoms with Crippen molar-refractivity contribution in [3.05, 3.63) is 65.5 Å². The zero-order chi connectivity index (χ0) is 20.4. The smallest absolute Gasteiger partial charge is 0.256 e. The summed E-state index contributed by atoms with van der Waals surface area (Å²) in [5, 5.41) is 14.8. The maximum absolute atomic E-state index is 12.7. The number of nitrogens with one attached hydrogen (secondary N) is 3. The molecule has 1 atom stereocenters. The number of nitrogens with two attached hydrogens (primary N) is 1. The minimum Gasteiger partial charge on any atom is -0.354 e. The molecule has 142 valence electrons. The number of rotatable bonds is 4. The molecule has 2 aromatic carbocycles. The topological polar surface area (TPSA) is 124 Å². The van der Waals surface area contributed by atoms with Gasteiger partial charge in [0, 0.05) is 28.4 Å². The van der Waals surface area contributed by atoms with E-state index in [2.05, 4.69) is 21.3 Å². The molecule has 1 unspecified atom stereocenters. The van der Waals surface area contributed by atoms with Crippen LogP contribution in [-0.4, -0.2) is 22.8 Å². The third-order valence-electron chi connectivity index (χ3n) is 4.67. The first-order chi connectivity index (χ1) is 14.1. The maximum Gasteiger partial charge on any atom is 0.256 e. The molecule has 0 aliphatic carbocycles. The lowest BCUT2D eigenvalue weighted by Gasteiger charge is -2.12. The third-order valence-corrected chi connectivity index (χ3v) is 4.67. The first-order valence-corrected chi connectivity index (χ1v) is 8.99. The van der Waals surface area contributed by atoms with Crippen LogP contribution in [0.1, 0.15) is 22.3 Å². The van der Waals surface area contributed by atoms with Crippen molar-refractivity contribution < 1.29 is 9.59 Å². The Kier molecular flexibility index (Phi) is 4.71. The van der Waals surface area contributed by atoms with Gasteiger partial charge in [-0.2, -0.15) is 5.26 Å². The molecule has 0 saturated heterocycles. The van der Waals surface area contributed by atoms with Crippen LogP contribution in [0, 0.1) is 11.3 Å². The van der Waals surface area contributed by atoms with Gasteiger partial charge in [0.1, 0.15) is 0 Å². The fourth-order valence-electron chi connectivity index (χ4n) is 3.32. The molecule has 0 bridgehead atoms. The summed E-state index contributed by atoms with van der Waals surface area (Å²) < 4.78 is 0. The van der Waals surface area contributed by atoms with Crippen LogP contribution in [-0.2, 0) is 4.79 Å². The van der Waals surface area contributed by atoms with E-state index < -0.39 is 11.9 Å². The molecule has 1 aliphatic rings. The van der Waals surface area contributed by atoms with Gasteiger partial charge in [-0.15, -0.1) is 5.73 Å². The van der Waals surface area contributed by atoms with Gasteiger partial charge < -0.3 is 21.4 Å². The monoisotopic (exact) mass is 383 g/mol. The minimum absolute atomic E-state index is 0.0954. The van der Waals surface area contributed by atoms with E-state index in [0.717, 1.165) is 22.2 Å². The molecule has 2 heterocycles. The Bertz CT molecular complexity index is 1230. The molecule has 3 aromatic rings. The second-order valence-electron chi connectivity index (χ2n) is 6.61. The molecule has 0 fully saturated rings. The van der Waals surface area contributed by atoms with Gasteiger partial charge in [-0.25, -0.2) is 0 Å². The number of hydrogen-bond donors (Lipinski definition) is 4. The Labute approximate surface area is 166 Å². The molecule has 1 aliphatic heterocycles. The van der Waals surface area contributed by atoms with Gasteiger partial charge in [0.15, 0.2) is 0 Å². The number of carbonyl (C=O) groups is 2. The average Bonchev–Trinajstić information content (AvgIpc) is 3.08. The highest BCUT2D eigenvalue weighted by Gasteiger charge is 2.21. The highest BCUT2D eigenvalue weighted by molar-refractivity contribution is 6.14. The zero-order valence-corrected chi connectivity index (χ0v) is 15.3. The van der Waals surface area contributed by atoms with Gasteiger partial charge in [0.2, 0.25) is 5.91 Å². The van der Waals surface area contributed by atoms with E-state index in [0.29, 0.717) is 16.8 Å². The number of nitrogens with zero attached hydrogens (tertiary/aromatic N) is 1. The van der Waals surface area contributed by atoms with E-state index in [-0.39, 0.29) is 12.3 Å². The summed E-state index contributed by atoms with van der Waals surface area (Å²) in [6.45, 7) is 0. The number of anilines is 1. The Morgan fingerprint density at radius 3 is 2.83 bits per heavy atom. The number of carbonyl (C=O) groups excluding carboxylic acids is 2. The van der Waals surface area contributed by atoms with E-state index in [1.54, 1.807) is 12.1 Å². The molecule has 0 saturated carbocycles.